The first-order chi connectivity index (χ1) is 22.8. The molecule has 0 spiro atoms. The number of anilines is 4. The average molecular weight is 629 g/mol. The van der Waals surface area contributed by atoms with Gasteiger partial charge in [-0.3, -0.25) is 0 Å². The fourth-order valence-electron chi connectivity index (χ4n) is 5.89. The van der Waals surface area contributed by atoms with Crippen LogP contribution in [0.3, 0.4) is 0 Å². The monoisotopic (exact) mass is 628 g/mol. The van der Waals surface area contributed by atoms with Crippen LogP contribution in [0.4, 0.5) is 27.7 Å². The highest BCUT2D eigenvalue weighted by Gasteiger charge is 2.27. The molecule has 240 valence electrons. The van der Waals surface area contributed by atoms with Gasteiger partial charge in [0.05, 0.1) is 23.5 Å². The number of benzene rings is 4. The molecule has 6 rings (SSSR count). The van der Waals surface area contributed by atoms with Crippen molar-refractivity contribution in [2.45, 2.75) is 33.7 Å². The first kappa shape index (κ1) is 31.6. The second-order valence-corrected chi connectivity index (χ2v) is 11.8. The van der Waals surface area contributed by atoms with Crippen LogP contribution in [-0.2, 0) is 6.54 Å². The number of carbonyl (C=O) groups is 1. The van der Waals surface area contributed by atoms with Gasteiger partial charge in [0.15, 0.2) is 0 Å². The summed E-state index contributed by atoms with van der Waals surface area (Å²) in [6, 6.07) is 27.9. The second kappa shape index (κ2) is 13.9. The van der Waals surface area contributed by atoms with Gasteiger partial charge >= 0.3 is 6.09 Å². The third kappa shape index (κ3) is 6.76. The van der Waals surface area contributed by atoms with Gasteiger partial charge in [0.1, 0.15) is 23.6 Å². The lowest BCUT2D eigenvalue weighted by molar-refractivity contribution is 0.209. The molecule has 1 N–H and O–H groups in total. The third-order valence-corrected chi connectivity index (χ3v) is 8.17. The minimum absolute atomic E-state index is 0.388. The molecule has 0 radical (unpaired) electrons. The van der Waals surface area contributed by atoms with Gasteiger partial charge in [-0.2, -0.15) is 0 Å². The lowest BCUT2D eigenvalue weighted by atomic mass is 10.1. The molecule has 0 atom stereocenters. The summed E-state index contributed by atoms with van der Waals surface area (Å²) in [4.78, 5) is 26.5. The Balaban J connectivity index is 1.46. The van der Waals surface area contributed by atoms with Crippen molar-refractivity contribution in [3.05, 3.63) is 109 Å². The number of ether oxygens (including phenoxy) is 2. The van der Waals surface area contributed by atoms with Crippen molar-refractivity contribution in [2.24, 2.45) is 0 Å². The molecule has 0 bridgehead atoms. The van der Waals surface area contributed by atoms with Crippen molar-refractivity contribution >= 4 is 50.8 Å². The first-order valence-corrected chi connectivity index (χ1v) is 15.9. The molecule has 0 saturated carbocycles. The van der Waals surface area contributed by atoms with E-state index in [1.54, 1.807) is 12.3 Å². The first-order valence-electron chi connectivity index (χ1n) is 15.9. The molecule has 1 amide bonds. The summed E-state index contributed by atoms with van der Waals surface area (Å²) in [6.07, 6.45) is 3.41. The highest BCUT2D eigenvalue weighted by Crippen LogP contribution is 2.41. The number of amides is 1. The molecule has 9 heteroatoms. The van der Waals surface area contributed by atoms with Crippen LogP contribution in [0.5, 0.6) is 11.5 Å². The molecule has 2 aromatic heterocycles. The average Bonchev–Trinajstić information content (AvgIpc) is 3.38. The van der Waals surface area contributed by atoms with Gasteiger partial charge < -0.3 is 24.3 Å². The number of carbonyl (C=O) groups excluding carboxylic acids is 1. The van der Waals surface area contributed by atoms with Crippen molar-refractivity contribution in [3.8, 4) is 11.5 Å². The van der Waals surface area contributed by atoms with Crippen LogP contribution in [-0.4, -0.2) is 52.8 Å². The van der Waals surface area contributed by atoms with Crippen molar-refractivity contribution < 1.29 is 14.3 Å². The summed E-state index contributed by atoms with van der Waals surface area (Å²) in [5, 5.41) is 5.71. The Morgan fingerprint density at radius 2 is 1.66 bits per heavy atom. The van der Waals surface area contributed by atoms with Crippen LogP contribution in [0.15, 0.2) is 97.5 Å². The number of hydrogen-bond donors (Lipinski definition) is 1. The maximum absolute atomic E-state index is 14.3. The van der Waals surface area contributed by atoms with E-state index in [2.05, 4.69) is 64.0 Å². The molecule has 47 heavy (non-hydrogen) atoms. The van der Waals surface area contributed by atoms with Crippen molar-refractivity contribution in [1.29, 1.82) is 0 Å². The summed E-state index contributed by atoms with van der Waals surface area (Å²) < 4.78 is 14.4. The Labute approximate surface area is 275 Å². The largest absolute Gasteiger partial charge is 0.494 e. The summed E-state index contributed by atoms with van der Waals surface area (Å²) in [5.74, 6) is 1.71. The standard InChI is InChI=1S/C38H40N6O3/c1-6-43-33-14-8-7-13-30(33)31-23-35(32(24-34(31)43)41-28-15-17-29(18-16-28)46-22-10-21-42(4)5)44(36-19-20-39-25-40-36)38(45)47-37-26(2)11-9-12-27(37)3/h7-9,11-20,23-25,41H,6,10,21-22H2,1-5H3. The van der Waals surface area contributed by atoms with Gasteiger partial charge in [0, 0.05) is 41.3 Å². The maximum Gasteiger partial charge on any atom is 0.425 e. The zero-order valence-electron chi connectivity index (χ0n) is 27.5. The molecule has 6 aromatic rings. The maximum atomic E-state index is 14.3. The van der Waals surface area contributed by atoms with Gasteiger partial charge in [-0.05, 0) is 101 Å². The highest BCUT2D eigenvalue weighted by molar-refractivity contribution is 6.13. The lowest BCUT2D eigenvalue weighted by Gasteiger charge is -2.25. The Morgan fingerprint density at radius 1 is 0.894 bits per heavy atom. The van der Waals surface area contributed by atoms with E-state index in [-0.39, 0.29) is 0 Å². The summed E-state index contributed by atoms with van der Waals surface area (Å²) in [7, 11) is 4.11. The molecule has 9 nitrogen and oxygen atoms in total. The molecular weight excluding hydrogens is 588 g/mol. The van der Waals surface area contributed by atoms with Crippen LogP contribution >= 0.6 is 0 Å². The van der Waals surface area contributed by atoms with E-state index in [0.717, 1.165) is 63.9 Å². The van der Waals surface area contributed by atoms with Crippen LogP contribution in [0.2, 0.25) is 0 Å². The van der Waals surface area contributed by atoms with Crippen LogP contribution < -0.4 is 19.7 Å². The molecule has 0 aliphatic carbocycles. The predicted molar refractivity (Wildman–Crippen MR) is 190 cm³/mol. The van der Waals surface area contributed by atoms with Gasteiger partial charge in [0.2, 0.25) is 0 Å². The van der Waals surface area contributed by atoms with E-state index < -0.39 is 6.09 Å². The van der Waals surface area contributed by atoms with E-state index >= 15 is 0 Å². The minimum atomic E-state index is -0.579. The third-order valence-electron chi connectivity index (χ3n) is 8.17. The highest BCUT2D eigenvalue weighted by atomic mass is 16.6. The Bertz CT molecular complexity index is 1980. The van der Waals surface area contributed by atoms with Crippen LogP contribution in [0.25, 0.3) is 21.8 Å². The van der Waals surface area contributed by atoms with Gasteiger partial charge in [-0.15, -0.1) is 0 Å². The molecule has 0 aliphatic rings. The molecular formula is C38H40N6O3. The molecule has 0 saturated heterocycles. The Morgan fingerprint density at radius 3 is 2.36 bits per heavy atom. The number of hydrogen-bond acceptors (Lipinski definition) is 7. The number of nitrogens with one attached hydrogen (secondary N) is 1. The van der Waals surface area contributed by atoms with Crippen molar-refractivity contribution in [3.63, 3.8) is 0 Å². The van der Waals surface area contributed by atoms with Gasteiger partial charge in [-0.1, -0.05) is 36.4 Å². The molecule has 4 aromatic carbocycles. The number of aryl methyl sites for hydroxylation is 3. The smallest absolute Gasteiger partial charge is 0.425 e. The number of fused-ring (bicyclic) bond motifs is 3. The van der Waals surface area contributed by atoms with E-state index in [1.807, 2.05) is 74.5 Å². The molecule has 0 fully saturated rings. The number of rotatable bonds is 11. The summed E-state index contributed by atoms with van der Waals surface area (Å²) in [6.45, 7) is 8.39. The lowest BCUT2D eigenvalue weighted by Crippen LogP contribution is -2.31. The Hall–Kier alpha value is -5.41. The number of para-hydroxylation sites is 2. The quantitative estimate of drug-likeness (QED) is 0.144. The van der Waals surface area contributed by atoms with E-state index in [1.165, 1.54) is 11.2 Å². The minimum Gasteiger partial charge on any atom is -0.494 e. The molecule has 0 unspecified atom stereocenters. The summed E-state index contributed by atoms with van der Waals surface area (Å²) in [5.41, 5.74) is 6.05. The topological polar surface area (TPSA) is 84.8 Å². The molecule has 2 heterocycles. The molecule has 0 aliphatic heterocycles. The second-order valence-electron chi connectivity index (χ2n) is 11.8. The van der Waals surface area contributed by atoms with Crippen LogP contribution in [0.1, 0.15) is 24.5 Å². The number of aromatic nitrogens is 3. The van der Waals surface area contributed by atoms with E-state index in [4.69, 9.17) is 9.47 Å². The number of nitrogens with zero attached hydrogens (tertiary/aromatic N) is 5. The SMILES string of the molecule is CCn1c2ccccc2c2cc(N(C(=O)Oc3c(C)cccc3C)c3ccncn3)c(Nc3ccc(OCCCN(C)C)cc3)cc21. The summed E-state index contributed by atoms with van der Waals surface area (Å²) >= 11 is 0. The zero-order valence-corrected chi connectivity index (χ0v) is 27.5. The van der Waals surface area contributed by atoms with Gasteiger partial charge in [-0.25, -0.2) is 19.7 Å². The predicted octanol–water partition coefficient (Wildman–Crippen LogP) is 8.63. The van der Waals surface area contributed by atoms with Crippen molar-refractivity contribution in [1.82, 2.24) is 19.4 Å². The zero-order chi connectivity index (χ0) is 32.9. The van der Waals surface area contributed by atoms with E-state index in [0.29, 0.717) is 29.5 Å². The van der Waals surface area contributed by atoms with Crippen molar-refractivity contribution in [2.75, 3.05) is 37.5 Å². The normalized spacial score (nSPS) is 11.3. The van der Waals surface area contributed by atoms with Gasteiger partial charge in [0.25, 0.3) is 0 Å². The fourth-order valence-corrected chi connectivity index (χ4v) is 5.89. The van der Waals surface area contributed by atoms with Crippen LogP contribution in [0, 0.1) is 13.8 Å². The fraction of sp³-hybridized carbons (Fsp3) is 0.237. The Kier molecular flexibility index (Phi) is 9.35. The van der Waals surface area contributed by atoms with E-state index in [9.17, 15) is 4.79 Å².